The van der Waals surface area contributed by atoms with Gasteiger partial charge in [-0.2, -0.15) is 13.2 Å². The zero-order valence-electron chi connectivity index (χ0n) is 20.8. The summed E-state index contributed by atoms with van der Waals surface area (Å²) in [5.74, 6) is 1.10. The molecule has 0 saturated carbocycles. The van der Waals surface area contributed by atoms with E-state index in [0.29, 0.717) is 49.6 Å². The lowest BCUT2D eigenvalue weighted by Crippen LogP contribution is -2.47. The number of para-hydroxylation sites is 1. The fourth-order valence-corrected chi connectivity index (χ4v) is 5.18. The molecule has 1 aliphatic heterocycles. The molecule has 0 amide bonds. The first kappa shape index (κ1) is 26.3. The van der Waals surface area contributed by atoms with Crippen molar-refractivity contribution in [1.29, 1.82) is 0 Å². The number of nitrogens with one attached hydrogen (secondary N) is 2. The van der Waals surface area contributed by atoms with E-state index in [1.807, 2.05) is 38.1 Å². The fourth-order valence-electron chi connectivity index (χ4n) is 5.18. The number of benzene rings is 2. The number of rotatable bonds is 10. The van der Waals surface area contributed by atoms with Gasteiger partial charge in [0.05, 0.1) is 26.4 Å². The van der Waals surface area contributed by atoms with Crippen molar-refractivity contribution in [2.24, 2.45) is 0 Å². The summed E-state index contributed by atoms with van der Waals surface area (Å²) in [4.78, 5) is 4.93. The number of nitrogens with zero attached hydrogens (tertiary/aromatic N) is 1. The molecule has 0 saturated heterocycles. The molecule has 3 aromatic rings. The smallest absolute Gasteiger partial charge is 0.401 e. The average molecular weight is 508 g/mol. The van der Waals surface area contributed by atoms with Crippen molar-refractivity contribution in [3.8, 4) is 11.5 Å². The normalized spacial score (nSPS) is 18.4. The molecule has 0 fully saturated rings. The van der Waals surface area contributed by atoms with Crippen LogP contribution in [-0.4, -0.2) is 62.1 Å². The lowest BCUT2D eigenvalue weighted by atomic mass is 9.86. The van der Waals surface area contributed by atoms with Gasteiger partial charge in [-0.25, -0.2) is 0 Å². The zero-order chi connectivity index (χ0) is 25.9. The first-order chi connectivity index (χ1) is 17.2. The number of hydrogen-bond donors (Lipinski definition) is 2. The second-order valence-electron chi connectivity index (χ2n) is 9.25. The molecule has 4 rings (SSSR count). The van der Waals surface area contributed by atoms with E-state index in [9.17, 15) is 17.6 Å². The molecule has 5 nitrogen and oxygen atoms in total. The van der Waals surface area contributed by atoms with Crippen molar-refractivity contribution in [3.63, 3.8) is 0 Å². The van der Waals surface area contributed by atoms with E-state index in [1.165, 1.54) is 12.0 Å². The van der Waals surface area contributed by atoms with Crippen LogP contribution in [0.15, 0.2) is 36.4 Å². The molecule has 9 heteroatoms. The molecule has 0 bridgehead atoms. The SMILES string of the molecule is COc1ccc(OCCNCCCF)c(C)c1C1c2[nH]c3ccccc3c2CC(C)N1CC(F)(F)F. The van der Waals surface area contributed by atoms with Gasteiger partial charge in [-0.05, 0) is 62.6 Å². The molecule has 0 aliphatic carbocycles. The molecular weight excluding hydrogens is 474 g/mol. The van der Waals surface area contributed by atoms with E-state index in [2.05, 4.69) is 10.3 Å². The Labute approximate surface area is 208 Å². The number of H-pyrrole nitrogens is 1. The highest BCUT2D eigenvalue weighted by Gasteiger charge is 2.43. The van der Waals surface area contributed by atoms with Crippen LogP contribution < -0.4 is 14.8 Å². The molecule has 36 heavy (non-hydrogen) atoms. The summed E-state index contributed by atoms with van der Waals surface area (Å²) < 4.78 is 65.4. The Bertz CT molecular complexity index is 1180. The molecule has 196 valence electrons. The Morgan fingerprint density at radius 2 is 1.86 bits per heavy atom. The van der Waals surface area contributed by atoms with Gasteiger partial charge in [0.15, 0.2) is 0 Å². The molecule has 2 atom stereocenters. The summed E-state index contributed by atoms with van der Waals surface area (Å²) in [6, 6.07) is 10.3. The van der Waals surface area contributed by atoms with Gasteiger partial charge < -0.3 is 19.8 Å². The van der Waals surface area contributed by atoms with Crippen LogP contribution in [0.1, 0.15) is 41.8 Å². The average Bonchev–Trinajstić information content (AvgIpc) is 3.20. The highest BCUT2D eigenvalue weighted by atomic mass is 19.4. The Kier molecular flexibility index (Phi) is 8.10. The van der Waals surface area contributed by atoms with E-state index < -0.39 is 18.8 Å². The number of aromatic nitrogens is 1. The zero-order valence-corrected chi connectivity index (χ0v) is 20.8. The van der Waals surface area contributed by atoms with E-state index in [-0.39, 0.29) is 12.7 Å². The molecule has 2 heterocycles. The lowest BCUT2D eigenvalue weighted by molar-refractivity contribution is -0.155. The third-order valence-electron chi connectivity index (χ3n) is 6.82. The monoisotopic (exact) mass is 507 g/mol. The largest absolute Gasteiger partial charge is 0.496 e. The number of methoxy groups -OCH3 is 1. The summed E-state index contributed by atoms with van der Waals surface area (Å²) in [5, 5.41) is 4.14. The molecule has 2 unspecified atom stereocenters. The van der Waals surface area contributed by atoms with Gasteiger partial charge in [-0.1, -0.05) is 18.2 Å². The quantitative estimate of drug-likeness (QED) is 0.273. The van der Waals surface area contributed by atoms with Crippen LogP contribution >= 0.6 is 0 Å². The van der Waals surface area contributed by atoms with E-state index in [4.69, 9.17) is 9.47 Å². The van der Waals surface area contributed by atoms with Gasteiger partial charge in [0.1, 0.15) is 18.1 Å². The summed E-state index contributed by atoms with van der Waals surface area (Å²) >= 11 is 0. The summed E-state index contributed by atoms with van der Waals surface area (Å²) in [6.45, 7) is 3.73. The van der Waals surface area contributed by atoms with Crippen molar-refractivity contribution in [2.45, 2.75) is 44.9 Å². The van der Waals surface area contributed by atoms with E-state index in [0.717, 1.165) is 27.7 Å². The summed E-state index contributed by atoms with van der Waals surface area (Å²) in [5.41, 5.74) is 4.08. The maximum Gasteiger partial charge on any atom is 0.401 e. The highest BCUT2D eigenvalue weighted by molar-refractivity contribution is 5.85. The Morgan fingerprint density at radius 1 is 1.11 bits per heavy atom. The van der Waals surface area contributed by atoms with Gasteiger partial charge in [0.25, 0.3) is 0 Å². The molecule has 2 aromatic carbocycles. The summed E-state index contributed by atoms with van der Waals surface area (Å²) in [7, 11) is 1.53. The van der Waals surface area contributed by atoms with Gasteiger partial charge in [0, 0.05) is 34.7 Å². The lowest BCUT2D eigenvalue weighted by Gasteiger charge is -2.42. The second-order valence-corrected chi connectivity index (χ2v) is 9.25. The highest BCUT2D eigenvalue weighted by Crippen LogP contribution is 2.47. The van der Waals surface area contributed by atoms with Crippen LogP contribution in [0.2, 0.25) is 0 Å². The number of halogens is 4. The van der Waals surface area contributed by atoms with Gasteiger partial charge in [0.2, 0.25) is 0 Å². The van der Waals surface area contributed by atoms with Crippen LogP contribution in [-0.2, 0) is 6.42 Å². The van der Waals surface area contributed by atoms with Crippen LogP contribution in [0.25, 0.3) is 10.9 Å². The predicted octanol–water partition coefficient (Wildman–Crippen LogP) is 5.71. The molecular formula is C27H33F4N3O2. The third kappa shape index (κ3) is 5.47. The minimum absolute atomic E-state index is 0.350. The number of aromatic amines is 1. The standard InChI is InChI=1S/C27H33F4N3O2/c1-17-15-20-19-7-4-5-8-21(19)33-25(20)26(34(17)16-27(29,30)31)24-18(2)22(9-10-23(24)35-3)36-14-13-32-12-6-11-28/h4-5,7-10,17,26,32-33H,6,11-16H2,1-3H3. The maximum absolute atomic E-state index is 13.8. The number of ether oxygens (including phenoxy) is 2. The first-order valence-electron chi connectivity index (χ1n) is 12.2. The van der Waals surface area contributed by atoms with Gasteiger partial charge in [-0.15, -0.1) is 0 Å². The topological polar surface area (TPSA) is 49.5 Å². The van der Waals surface area contributed by atoms with Crippen LogP contribution in [0, 0.1) is 6.92 Å². The minimum atomic E-state index is -4.36. The third-order valence-corrected chi connectivity index (χ3v) is 6.82. The van der Waals surface area contributed by atoms with Gasteiger partial charge >= 0.3 is 6.18 Å². The van der Waals surface area contributed by atoms with Crippen molar-refractivity contribution in [2.75, 3.05) is 40.0 Å². The number of fused-ring (bicyclic) bond motifs is 3. The summed E-state index contributed by atoms with van der Waals surface area (Å²) in [6.07, 6.45) is -3.42. The molecule has 0 spiro atoms. The minimum Gasteiger partial charge on any atom is -0.496 e. The second kappa shape index (κ2) is 11.1. The molecule has 1 aromatic heterocycles. The van der Waals surface area contributed by atoms with Crippen molar-refractivity contribution in [3.05, 3.63) is 58.8 Å². The van der Waals surface area contributed by atoms with Crippen molar-refractivity contribution < 1.29 is 27.0 Å². The maximum atomic E-state index is 13.8. The van der Waals surface area contributed by atoms with Gasteiger partial charge in [-0.3, -0.25) is 9.29 Å². The number of hydrogen-bond acceptors (Lipinski definition) is 4. The molecule has 0 radical (unpaired) electrons. The molecule has 2 N–H and O–H groups in total. The van der Waals surface area contributed by atoms with Crippen LogP contribution in [0.3, 0.4) is 0 Å². The fraction of sp³-hybridized carbons (Fsp3) is 0.481. The van der Waals surface area contributed by atoms with Crippen molar-refractivity contribution >= 4 is 10.9 Å². The first-order valence-corrected chi connectivity index (χ1v) is 12.2. The molecule has 1 aliphatic rings. The van der Waals surface area contributed by atoms with E-state index >= 15 is 0 Å². The van der Waals surface area contributed by atoms with Crippen LogP contribution in [0.4, 0.5) is 17.6 Å². The van der Waals surface area contributed by atoms with Crippen molar-refractivity contribution in [1.82, 2.24) is 15.2 Å². The predicted molar refractivity (Wildman–Crippen MR) is 133 cm³/mol. The van der Waals surface area contributed by atoms with Crippen LogP contribution in [0.5, 0.6) is 11.5 Å². The Morgan fingerprint density at radius 3 is 2.58 bits per heavy atom. The number of alkyl halides is 4. The Balaban J connectivity index is 1.78. The van der Waals surface area contributed by atoms with E-state index in [1.54, 1.807) is 12.1 Å². The Hall–Kier alpha value is -2.78.